The van der Waals surface area contributed by atoms with Gasteiger partial charge in [0.05, 0.1) is 12.3 Å². The summed E-state index contributed by atoms with van der Waals surface area (Å²) in [6, 6.07) is 6.40. The Bertz CT molecular complexity index is 553. The summed E-state index contributed by atoms with van der Waals surface area (Å²) in [6.07, 6.45) is 0. The Morgan fingerprint density at radius 2 is 2.21 bits per heavy atom. The minimum atomic E-state index is -0.302. The van der Waals surface area contributed by atoms with Gasteiger partial charge in [-0.2, -0.15) is 5.10 Å². The normalized spacial score (nSPS) is 12.4. The van der Waals surface area contributed by atoms with Gasteiger partial charge in [-0.25, -0.2) is 4.39 Å². The third-order valence-electron chi connectivity index (χ3n) is 2.97. The first-order valence-electron chi connectivity index (χ1n) is 6.30. The molecular formula is C14H18FN3O. The van der Waals surface area contributed by atoms with E-state index in [2.05, 4.69) is 10.2 Å². The lowest BCUT2D eigenvalue weighted by molar-refractivity contribution is 0.334. The van der Waals surface area contributed by atoms with Gasteiger partial charge in [0.15, 0.2) is 0 Å². The van der Waals surface area contributed by atoms with E-state index in [1.165, 1.54) is 12.1 Å². The van der Waals surface area contributed by atoms with Gasteiger partial charge in [0.2, 0.25) is 0 Å². The second-order valence-electron chi connectivity index (χ2n) is 4.38. The molecule has 0 aliphatic carbocycles. The van der Waals surface area contributed by atoms with Crippen molar-refractivity contribution < 1.29 is 9.13 Å². The quantitative estimate of drug-likeness (QED) is 0.870. The molecule has 3 N–H and O–H groups in total. The number of nitrogens with one attached hydrogen (secondary N) is 1. The first-order valence-corrected chi connectivity index (χ1v) is 6.30. The molecule has 1 heterocycles. The third-order valence-corrected chi connectivity index (χ3v) is 2.97. The maximum atomic E-state index is 13.5. The van der Waals surface area contributed by atoms with E-state index >= 15 is 0 Å². The highest BCUT2D eigenvalue weighted by Crippen LogP contribution is 2.31. The van der Waals surface area contributed by atoms with Gasteiger partial charge in [-0.15, -0.1) is 0 Å². The summed E-state index contributed by atoms with van der Waals surface area (Å²) in [5.41, 5.74) is 8.31. The van der Waals surface area contributed by atoms with Crippen LogP contribution in [0.4, 0.5) is 4.39 Å². The lowest BCUT2D eigenvalue weighted by atomic mass is 9.94. The molecule has 0 radical (unpaired) electrons. The number of ether oxygens (including phenoxy) is 1. The summed E-state index contributed by atoms with van der Waals surface area (Å²) in [4.78, 5) is 0. The van der Waals surface area contributed by atoms with Crippen molar-refractivity contribution in [2.45, 2.75) is 19.8 Å². The number of H-pyrrole nitrogens is 1. The number of aromatic amines is 1. The Balaban J connectivity index is 2.44. The summed E-state index contributed by atoms with van der Waals surface area (Å²) >= 11 is 0. The molecule has 0 aliphatic rings. The SMILES string of the molecule is CCOc1ccc(F)cc1C(CN)c1cc(C)[nH]n1. The number of halogens is 1. The molecule has 2 aromatic rings. The average Bonchev–Trinajstić information content (AvgIpc) is 2.80. The molecule has 0 saturated heterocycles. The van der Waals surface area contributed by atoms with E-state index < -0.39 is 0 Å². The van der Waals surface area contributed by atoms with E-state index in [1.54, 1.807) is 6.07 Å². The Labute approximate surface area is 111 Å². The molecule has 1 aromatic carbocycles. The lowest BCUT2D eigenvalue weighted by Crippen LogP contribution is -2.16. The van der Waals surface area contributed by atoms with Gasteiger partial charge in [-0.1, -0.05) is 0 Å². The maximum Gasteiger partial charge on any atom is 0.123 e. The first kappa shape index (κ1) is 13.5. The van der Waals surface area contributed by atoms with Gasteiger partial charge in [0.1, 0.15) is 11.6 Å². The van der Waals surface area contributed by atoms with Gasteiger partial charge in [0.25, 0.3) is 0 Å². The third kappa shape index (κ3) is 2.93. The summed E-state index contributed by atoms with van der Waals surface area (Å²) in [5, 5.41) is 7.09. The zero-order valence-electron chi connectivity index (χ0n) is 11.1. The minimum Gasteiger partial charge on any atom is -0.494 e. The van der Waals surface area contributed by atoms with Crippen LogP contribution in [-0.2, 0) is 0 Å². The summed E-state index contributed by atoms with van der Waals surface area (Å²) in [6.45, 7) is 4.67. The zero-order chi connectivity index (χ0) is 13.8. The first-order chi connectivity index (χ1) is 9.15. The van der Waals surface area contributed by atoms with Crippen LogP contribution >= 0.6 is 0 Å². The number of benzene rings is 1. The maximum absolute atomic E-state index is 13.5. The molecule has 0 aliphatic heterocycles. The van der Waals surface area contributed by atoms with Crippen LogP contribution in [0.2, 0.25) is 0 Å². The highest BCUT2D eigenvalue weighted by molar-refractivity contribution is 5.41. The van der Waals surface area contributed by atoms with Crippen molar-refractivity contribution >= 4 is 0 Å². The molecule has 1 atom stereocenters. The van der Waals surface area contributed by atoms with Crippen molar-refractivity contribution in [3.8, 4) is 5.75 Å². The van der Waals surface area contributed by atoms with E-state index in [0.29, 0.717) is 18.9 Å². The van der Waals surface area contributed by atoms with E-state index in [9.17, 15) is 4.39 Å². The van der Waals surface area contributed by atoms with Crippen molar-refractivity contribution in [1.82, 2.24) is 10.2 Å². The molecule has 0 spiro atoms. The van der Waals surface area contributed by atoms with Crippen molar-refractivity contribution in [3.05, 3.63) is 47.0 Å². The fourth-order valence-electron chi connectivity index (χ4n) is 2.10. The lowest BCUT2D eigenvalue weighted by Gasteiger charge is -2.17. The van der Waals surface area contributed by atoms with Crippen LogP contribution in [0, 0.1) is 12.7 Å². The van der Waals surface area contributed by atoms with Crippen molar-refractivity contribution in [2.75, 3.05) is 13.2 Å². The van der Waals surface area contributed by atoms with Crippen molar-refractivity contribution in [1.29, 1.82) is 0 Å². The van der Waals surface area contributed by atoms with Crippen LogP contribution in [0.25, 0.3) is 0 Å². The van der Waals surface area contributed by atoms with Crippen LogP contribution in [0.15, 0.2) is 24.3 Å². The van der Waals surface area contributed by atoms with Gasteiger partial charge in [-0.3, -0.25) is 5.10 Å². The molecule has 102 valence electrons. The molecule has 0 saturated carbocycles. The molecule has 1 unspecified atom stereocenters. The van der Waals surface area contributed by atoms with Gasteiger partial charge in [0, 0.05) is 23.7 Å². The molecule has 4 nitrogen and oxygen atoms in total. The number of nitrogens with two attached hydrogens (primary N) is 1. The Kier molecular flexibility index (Phi) is 4.16. The summed E-state index contributed by atoms with van der Waals surface area (Å²) in [5.74, 6) is 0.173. The topological polar surface area (TPSA) is 63.9 Å². The smallest absolute Gasteiger partial charge is 0.123 e. The van der Waals surface area contributed by atoms with E-state index in [1.807, 2.05) is 19.9 Å². The van der Waals surface area contributed by atoms with Crippen molar-refractivity contribution in [2.24, 2.45) is 5.73 Å². The Morgan fingerprint density at radius 3 is 2.79 bits per heavy atom. The Morgan fingerprint density at radius 1 is 1.42 bits per heavy atom. The highest BCUT2D eigenvalue weighted by Gasteiger charge is 2.20. The zero-order valence-corrected chi connectivity index (χ0v) is 11.1. The Hall–Kier alpha value is -1.88. The molecular weight excluding hydrogens is 245 g/mol. The second kappa shape index (κ2) is 5.84. The van der Waals surface area contributed by atoms with Crippen LogP contribution in [-0.4, -0.2) is 23.3 Å². The summed E-state index contributed by atoms with van der Waals surface area (Å²) < 4.78 is 19.0. The van der Waals surface area contributed by atoms with Crippen LogP contribution in [0.1, 0.15) is 29.8 Å². The minimum absolute atomic E-state index is 0.179. The molecule has 2 rings (SSSR count). The number of hydrogen-bond donors (Lipinski definition) is 2. The van der Waals surface area contributed by atoms with E-state index in [-0.39, 0.29) is 11.7 Å². The van der Waals surface area contributed by atoms with Crippen LogP contribution < -0.4 is 10.5 Å². The van der Waals surface area contributed by atoms with E-state index in [4.69, 9.17) is 10.5 Å². The van der Waals surface area contributed by atoms with Crippen LogP contribution in [0.5, 0.6) is 5.75 Å². The second-order valence-corrected chi connectivity index (χ2v) is 4.38. The number of rotatable bonds is 5. The van der Waals surface area contributed by atoms with Gasteiger partial charge >= 0.3 is 0 Å². The number of hydrogen-bond acceptors (Lipinski definition) is 3. The number of nitrogens with zero attached hydrogens (tertiary/aromatic N) is 1. The largest absolute Gasteiger partial charge is 0.494 e. The fourth-order valence-corrected chi connectivity index (χ4v) is 2.10. The molecule has 0 fully saturated rings. The monoisotopic (exact) mass is 263 g/mol. The standard InChI is InChI=1S/C14H18FN3O/c1-3-19-14-5-4-10(15)7-11(14)12(8-16)13-6-9(2)17-18-13/h4-7,12H,3,8,16H2,1-2H3,(H,17,18). The highest BCUT2D eigenvalue weighted by atomic mass is 19.1. The molecule has 0 bridgehead atoms. The predicted octanol–water partition coefficient (Wildman–Crippen LogP) is 2.35. The fraction of sp³-hybridized carbons (Fsp3) is 0.357. The molecule has 19 heavy (non-hydrogen) atoms. The summed E-state index contributed by atoms with van der Waals surface area (Å²) in [7, 11) is 0. The average molecular weight is 263 g/mol. The molecule has 5 heteroatoms. The predicted molar refractivity (Wildman–Crippen MR) is 71.8 cm³/mol. The number of aromatic nitrogens is 2. The molecule has 0 amide bonds. The van der Waals surface area contributed by atoms with Gasteiger partial charge < -0.3 is 10.5 Å². The van der Waals surface area contributed by atoms with Crippen molar-refractivity contribution in [3.63, 3.8) is 0 Å². The van der Waals surface area contributed by atoms with E-state index in [0.717, 1.165) is 17.0 Å². The van der Waals surface area contributed by atoms with Gasteiger partial charge in [-0.05, 0) is 38.1 Å². The number of aryl methyl sites for hydroxylation is 1. The van der Waals surface area contributed by atoms with Crippen LogP contribution in [0.3, 0.4) is 0 Å². The molecule has 1 aromatic heterocycles.